The summed E-state index contributed by atoms with van der Waals surface area (Å²) in [5, 5.41) is 2.03. The summed E-state index contributed by atoms with van der Waals surface area (Å²) in [5.41, 5.74) is 7.03. The highest BCUT2D eigenvalue weighted by atomic mass is 79.9. The van der Waals surface area contributed by atoms with Crippen molar-refractivity contribution in [3.63, 3.8) is 0 Å². The molecule has 5 heteroatoms. The second-order valence-electron chi connectivity index (χ2n) is 4.62. The first-order chi connectivity index (χ1) is 8.74. The molecule has 0 aliphatic heterocycles. The highest BCUT2D eigenvalue weighted by Gasteiger charge is 2.20. The molecule has 18 heavy (non-hydrogen) atoms. The van der Waals surface area contributed by atoms with E-state index in [1.165, 1.54) is 25.7 Å². The fourth-order valence-electron chi connectivity index (χ4n) is 2.47. The Kier molecular flexibility index (Phi) is 3.35. The third kappa shape index (κ3) is 2.29. The van der Waals surface area contributed by atoms with E-state index in [1.54, 1.807) is 11.3 Å². The minimum absolute atomic E-state index is 0.563. The van der Waals surface area contributed by atoms with E-state index in [0.717, 1.165) is 20.9 Å². The highest BCUT2D eigenvalue weighted by Crippen LogP contribution is 2.36. The molecule has 2 N–H and O–H groups in total. The molecule has 0 unspecified atom stereocenters. The molecule has 1 aliphatic carbocycles. The largest absolute Gasteiger partial charge is 0.384 e. The predicted octanol–water partition coefficient (Wildman–Crippen LogP) is 4.21. The van der Waals surface area contributed by atoms with Gasteiger partial charge in [-0.1, -0.05) is 12.8 Å². The predicted molar refractivity (Wildman–Crippen MR) is 78.7 cm³/mol. The molecular formula is C13H14BrN3S. The molecule has 3 nitrogen and oxygen atoms in total. The van der Waals surface area contributed by atoms with Gasteiger partial charge in [0.15, 0.2) is 5.82 Å². The second kappa shape index (κ2) is 4.97. The quantitative estimate of drug-likeness (QED) is 0.900. The lowest BCUT2D eigenvalue weighted by Gasteiger charge is -2.10. The summed E-state index contributed by atoms with van der Waals surface area (Å²) in [6.45, 7) is 0. The number of hydrogen-bond donors (Lipinski definition) is 1. The fourth-order valence-corrected chi connectivity index (χ4v) is 3.95. The van der Waals surface area contributed by atoms with Gasteiger partial charge in [-0.2, -0.15) is 0 Å². The van der Waals surface area contributed by atoms with Crippen LogP contribution in [0.4, 0.5) is 5.82 Å². The number of nitrogens with two attached hydrogens (primary N) is 1. The van der Waals surface area contributed by atoms with Crippen LogP contribution < -0.4 is 5.73 Å². The molecule has 2 heterocycles. The minimum Gasteiger partial charge on any atom is -0.384 e. The fraction of sp³-hybridized carbons (Fsp3) is 0.385. The standard InChI is InChI=1S/C13H14BrN3S/c14-9-5-6-18-12(9)13-16-10(7-11(15)17-13)8-3-1-2-4-8/h5-8H,1-4H2,(H2,15,16,17). The maximum atomic E-state index is 5.92. The van der Waals surface area contributed by atoms with Crippen LogP contribution in [0.1, 0.15) is 37.3 Å². The van der Waals surface area contributed by atoms with Crippen LogP contribution in [0.3, 0.4) is 0 Å². The summed E-state index contributed by atoms with van der Waals surface area (Å²) < 4.78 is 1.04. The molecule has 0 bridgehead atoms. The van der Waals surface area contributed by atoms with Crippen molar-refractivity contribution in [1.29, 1.82) is 0 Å². The van der Waals surface area contributed by atoms with Crippen molar-refractivity contribution in [2.75, 3.05) is 5.73 Å². The molecule has 1 saturated carbocycles. The number of nitrogen functional groups attached to an aromatic ring is 1. The molecule has 0 spiro atoms. The Morgan fingerprint density at radius 3 is 2.72 bits per heavy atom. The first kappa shape index (κ1) is 12.1. The van der Waals surface area contributed by atoms with Gasteiger partial charge in [-0.25, -0.2) is 9.97 Å². The third-order valence-electron chi connectivity index (χ3n) is 3.36. The van der Waals surface area contributed by atoms with Crippen LogP contribution in [0.25, 0.3) is 10.7 Å². The van der Waals surface area contributed by atoms with Gasteiger partial charge in [-0.3, -0.25) is 0 Å². The van der Waals surface area contributed by atoms with Crippen molar-refractivity contribution >= 4 is 33.1 Å². The average molecular weight is 324 g/mol. The second-order valence-corrected chi connectivity index (χ2v) is 6.39. The van der Waals surface area contributed by atoms with Crippen LogP contribution in [0.2, 0.25) is 0 Å². The summed E-state index contributed by atoms with van der Waals surface area (Å²) in [5.74, 6) is 1.88. The SMILES string of the molecule is Nc1cc(C2CCCC2)nc(-c2sccc2Br)n1. The highest BCUT2D eigenvalue weighted by molar-refractivity contribution is 9.10. The smallest absolute Gasteiger partial charge is 0.173 e. The zero-order valence-corrected chi connectivity index (χ0v) is 12.3. The van der Waals surface area contributed by atoms with Gasteiger partial charge in [-0.15, -0.1) is 11.3 Å². The van der Waals surface area contributed by atoms with Gasteiger partial charge in [0.25, 0.3) is 0 Å². The zero-order chi connectivity index (χ0) is 12.5. The van der Waals surface area contributed by atoms with E-state index in [9.17, 15) is 0 Å². The number of halogens is 1. The molecule has 94 valence electrons. The van der Waals surface area contributed by atoms with E-state index >= 15 is 0 Å². The molecule has 2 aromatic heterocycles. The number of rotatable bonds is 2. The number of nitrogens with zero attached hydrogens (tertiary/aromatic N) is 2. The Hall–Kier alpha value is -0.940. The van der Waals surface area contributed by atoms with Gasteiger partial charge in [0.1, 0.15) is 5.82 Å². The topological polar surface area (TPSA) is 51.8 Å². The number of aromatic nitrogens is 2. The Labute approximate surface area is 119 Å². The van der Waals surface area contributed by atoms with Gasteiger partial charge < -0.3 is 5.73 Å². The molecule has 1 aliphatic rings. The van der Waals surface area contributed by atoms with Crippen LogP contribution in [0.15, 0.2) is 22.0 Å². The Bertz CT molecular complexity index is 561. The summed E-state index contributed by atoms with van der Waals surface area (Å²) in [6.07, 6.45) is 5.04. The zero-order valence-electron chi connectivity index (χ0n) is 9.90. The van der Waals surface area contributed by atoms with Gasteiger partial charge in [0.2, 0.25) is 0 Å². The first-order valence-electron chi connectivity index (χ1n) is 6.12. The lowest BCUT2D eigenvalue weighted by molar-refractivity contribution is 0.696. The Morgan fingerprint density at radius 2 is 2.06 bits per heavy atom. The van der Waals surface area contributed by atoms with Gasteiger partial charge >= 0.3 is 0 Å². The average Bonchev–Trinajstić information content (AvgIpc) is 2.98. The van der Waals surface area contributed by atoms with Gasteiger partial charge in [-0.05, 0) is 40.2 Å². The summed E-state index contributed by atoms with van der Waals surface area (Å²) >= 11 is 5.16. The molecule has 2 aromatic rings. The van der Waals surface area contributed by atoms with E-state index in [0.29, 0.717) is 11.7 Å². The van der Waals surface area contributed by atoms with Crippen LogP contribution in [0, 0.1) is 0 Å². The van der Waals surface area contributed by atoms with E-state index in [1.807, 2.05) is 17.5 Å². The van der Waals surface area contributed by atoms with Gasteiger partial charge in [0, 0.05) is 22.2 Å². The number of anilines is 1. The minimum atomic E-state index is 0.563. The molecule has 0 radical (unpaired) electrons. The summed E-state index contributed by atoms with van der Waals surface area (Å²) in [4.78, 5) is 10.1. The maximum Gasteiger partial charge on any atom is 0.173 e. The van der Waals surface area contributed by atoms with Crippen LogP contribution in [-0.2, 0) is 0 Å². The molecule has 3 rings (SSSR count). The Morgan fingerprint density at radius 1 is 1.28 bits per heavy atom. The molecule has 0 atom stereocenters. The molecule has 1 fully saturated rings. The van der Waals surface area contributed by atoms with Crippen molar-refractivity contribution in [3.8, 4) is 10.7 Å². The van der Waals surface area contributed by atoms with E-state index in [2.05, 4.69) is 20.9 Å². The van der Waals surface area contributed by atoms with E-state index in [-0.39, 0.29) is 0 Å². The monoisotopic (exact) mass is 323 g/mol. The third-order valence-corrected chi connectivity index (χ3v) is 5.19. The summed E-state index contributed by atoms with van der Waals surface area (Å²) in [7, 11) is 0. The maximum absolute atomic E-state index is 5.92. The van der Waals surface area contributed by atoms with Crippen LogP contribution >= 0.6 is 27.3 Å². The van der Waals surface area contributed by atoms with E-state index in [4.69, 9.17) is 10.7 Å². The molecule has 0 amide bonds. The number of hydrogen-bond acceptors (Lipinski definition) is 4. The number of thiophene rings is 1. The lowest BCUT2D eigenvalue weighted by Crippen LogP contribution is -2.03. The van der Waals surface area contributed by atoms with Crippen molar-refractivity contribution in [3.05, 3.63) is 27.7 Å². The molecular weight excluding hydrogens is 310 g/mol. The Balaban J connectivity index is 2.03. The van der Waals surface area contributed by atoms with Crippen molar-refractivity contribution in [2.24, 2.45) is 0 Å². The van der Waals surface area contributed by atoms with E-state index < -0.39 is 0 Å². The first-order valence-corrected chi connectivity index (χ1v) is 7.79. The lowest BCUT2D eigenvalue weighted by atomic mass is 10.0. The summed E-state index contributed by atoms with van der Waals surface area (Å²) in [6, 6.07) is 3.95. The normalized spacial score (nSPS) is 16.3. The van der Waals surface area contributed by atoms with Gasteiger partial charge in [0.05, 0.1) is 4.88 Å². The van der Waals surface area contributed by atoms with Crippen LogP contribution in [0.5, 0.6) is 0 Å². The van der Waals surface area contributed by atoms with Crippen molar-refractivity contribution in [1.82, 2.24) is 9.97 Å². The van der Waals surface area contributed by atoms with Crippen LogP contribution in [-0.4, -0.2) is 9.97 Å². The van der Waals surface area contributed by atoms with Crippen molar-refractivity contribution < 1.29 is 0 Å². The van der Waals surface area contributed by atoms with Crippen molar-refractivity contribution in [2.45, 2.75) is 31.6 Å². The molecule has 0 aromatic carbocycles. The molecule has 0 saturated heterocycles.